The molecule has 0 aliphatic rings. The van der Waals surface area contributed by atoms with Gasteiger partial charge in [-0.15, -0.1) is 0 Å². The minimum absolute atomic E-state index is 0.104. The Morgan fingerprint density at radius 3 is 3.07 bits per heavy atom. The lowest BCUT2D eigenvalue weighted by molar-refractivity contribution is -0.118. The Morgan fingerprint density at radius 1 is 1.71 bits per heavy atom. The van der Waals surface area contributed by atoms with Gasteiger partial charge < -0.3 is 11.1 Å². The second-order valence-corrected chi connectivity index (χ2v) is 3.31. The van der Waals surface area contributed by atoms with Gasteiger partial charge in [-0.25, -0.2) is 0 Å². The minimum atomic E-state index is -0.281. The Balaban J connectivity index is 2.30. The quantitative estimate of drug-likeness (QED) is 0.712. The number of nitrogens with one attached hydrogen (secondary N) is 1. The zero-order chi connectivity index (χ0) is 10.4. The lowest BCUT2D eigenvalue weighted by Crippen LogP contribution is -2.30. The van der Waals surface area contributed by atoms with E-state index < -0.39 is 0 Å². The van der Waals surface area contributed by atoms with Crippen LogP contribution in [0.25, 0.3) is 0 Å². The largest absolute Gasteiger partial charge is 0.370 e. The molecule has 1 aromatic heterocycles. The maximum absolute atomic E-state index is 10.6. The third kappa shape index (κ3) is 4.00. The molecular weight excluding hydrogens is 178 g/mol. The van der Waals surface area contributed by atoms with Gasteiger partial charge in [0, 0.05) is 31.4 Å². The molecule has 0 aliphatic carbocycles. The number of carbonyl (C=O) groups is 1. The molecule has 0 aliphatic heterocycles. The van der Waals surface area contributed by atoms with Gasteiger partial charge in [-0.1, -0.05) is 6.07 Å². The molecule has 3 N–H and O–H groups in total. The maximum atomic E-state index is 10.6. The molecule has 76 valence electrons. The van der Waals surface area contributed by atoms with Crippen molar-refractivity contribution in [3.63, 3.8) is 0 Å². The highest BCUT2D eigenvalue weighted by molar-refractivity contribution is 5.74. The van der Waals surface area contributed by atoms with Gasteiger partial charge in [0.2, 0.25) is 5.91 Å². The lowest BCUT2D eigenvalue weighted by Gasteiger charge is -2.11. The number of hydrogen-bond acceptors (Lipinski definition) is 3. The van der Waals surface area contributed by atoms with E-state index in [2.05, 4.69) is 10.3 Å². The number of nitrogens with two attached hydrogens (primary N) is 1. The highest BCUT2D eigenvalue weighted by Gasteiger charge is 2.04. The van der Waals surface area contributed by atoms with Crippen molar-refractivity contribution < 1.29 is 4.79 Å². The number of carbonyl (C=O) groups excluding carboxylic acids is 1. The molecule has 0 saturated carbocycles. The maximum Gasteiger partial charge on any atom is 0.218 e. The molecule has 1 unspecified atom stereocenters. The molecule has 0 spiro atoms. The van der Waals surface area contributed by atoms with Crippen molar-refractivity contribution in [3.05, 3.63) is 30.1 Å². The van der Waals surface area contributed by atoms with E-state index in [4.69, 9.17) is 5.73 Å². The summed E-state index contributed by atoms with van der Waals surface area (Å²) in [7, 11) is 0. The van der Waals surface area contributed by atoms with Gasteiger partial charge >= 0.3 is 0 Å². The van der Waals surface area contributed by atoms with E-state index in [0.29, 0.717) is 13.0 Å². The molecule has 1 aromatic rings. The van der Waals surface area contributed by atoms with E-state index in [1.807, 2.05) is 19.1 Å². The lowest BCUT2D eigenvalue weighted by atomic mass is 10.2. The summed E-state index contributed by atoms with van der Waals surface area (Å²) in [5.74, 6) is -0.281. The normalized spacial score (nSPS) is 12.4. The SMILES string of the molecule is CC(CC(N)=O)NCc1cccnc1. The summed E-state index contributed by atoms with van der Waals surface area (Å²) >= 11 is 0. The second kappa shape index (κ2) is 5.34. The van der Waals surface area contributed by atoms with Crippen LogP contribution in [0.2, 0.25) is 0 Å². The van der Waals surface area contributed by atoms with Gasteiger partial charge in [-0.05, 0) is 18.6 Å². The number of rotatable bonds is 5. The summed E-state index contributed by atoms with van der Waals surface area (Å²) in [6.45, 7) is 2.64. The fourth-order valence-electron chi connectivity index (χ4n) is 1.17. The molecule has 0 radical (unpaired) electrons. The van der Waals surface area contributed by atoms with E-state index >= 15 is 0 Å². The van der Waals surface area contributed by atoms with Crippen molar-refractivity contribution >= 4 is 5.91 Å². The van der Waals surface area contributed by atoms with Crippen LogP contribution in [0.4, 0.5) is 0 Å². The second-order valence-electron chi connectivity index (χ2n) is 3.31. The third-order valence-electron chi connectivity index (χ3n) is 1.88. The summed E-state index contributed by atoms with van der Waals surface area (Å²) in [5, 5.41) is 3.19. The molecule has 1 heterocycles. The van der Waals surface area contributed by atoms with E-state index in [1.165, 1.54) is 0 Å². The van der Waals surface area contributed by atoms with Crippen LogP contribution in [-0.2, 0) is 11.3 Å². The third-order valence-corrected chi connectivity index (χ3v) is 1.88. The summed E-state index contributed by atoms with van der Waals surface area (Å²) in [4.78, 5) is 14.6. The summed E-state index contributed by atoms with van der Waals surface area (Å²) in [6, 6.07) is 3.97. The number of primary amides is 1. The summed E-state index contributed by atoms with van der Waals surface area (Å²) in [5.41, 5.74) is 6.17. The molecule has 0 fully saturated rings. The number of pyridine rings is 1. The van der Waals surface area contributed by atoms with Crippen molar-refractivity contribution in [1.29, 1.82) is 0 Å². The molecule has 1 amide bonds. The average molecular weight is 193 g/mol. The van der Waals surface area contributed by atoms with Gasteiger partial charge in [-0.2, -0.15) is 0 Å². The first-order valence-corrected chi connectivity index (χ1v) is 4.59. The number of hydrogen-bond donors (Lipinski definition) is 2. The molecule has 14 heavy (non-hydrogen) atoms. The smallest absolute Gasteiger partial charge is 0.218 e. The number of amides is 1. The molecule has 1 rings (SSSR count). The Labute approximate surface area is 83.5 Å². The van der Waals surface area contributed by atoms with E-state index in [-0.39, 0.29) is 11.9 Å². The van der Waals surface area contributed by atoms with Crippen LogP contribution >= 0.6 is 0 Å². The van der Waals surface area contributed by atoms with Crippen LogP contribution in [0.3, 0.4) is 0 Å². The van der Waals surface area contributed by atoms with Crippen LogP contribution in [-0.4, -0.2) is 16.9 Å². The van der Waals surface area contributed by atoms with Gasteiger partial charge in [-0.3, -0.25) is 9.78 Å². The van der Waals surface area contributed by atoms with Crippen molar-refractivity contribution in [3.8, 4) is 0 Å². The number of aromatic nitrogens is 1. The van der Waals surface area contributed by atoms with Crippen LogP contribution in [0.5, 0.6) is 0 Å². The zero-order valence-electron chi connectivity index (χ0n) is 8.23. The highest BCUT2D eigenvalue weighted by atomic mass is 16.1. The van der Waals surface area contributed by atoms with Gasteiger partial charge in [0.25, 0.3) is 0 Å². The van der Waals surface area contributed by atoms with Crippen molar-refractivity contribution in [2.75, 3.05) is 0 Å². The van der Waals surface area contributed by atoms with Crippen molar-refractivity contribution in [2.24, 2.45) is 5.73 Å². The van der Waals surface area contributed by atoms with Crippen LogP contribution in [0.1, 0.15) is 18.9 Å². The predicted molar refractivity (Wildman–Crippen MR) is 54.4 cm³/mol. The van der Waals surface area contributed by atoms with Crippen LogP contribution in [0, 0.1) is 0 Å². The van der Waals surface area contributed by atoms with Crippen LogP contribution in [0.15, 0.2) is 24.5 Å². The summed E-state index contributed by atoms with van der Waals surface area (Å²) in [6.07, 6.45) is 3.89. The first-order chi connectivity index (χ1) is 6.68. The van der Waals surface area contributed by atoms with E-state index in [1.54, 1.807) is 12.4 Å². The fourth-order valence-corrected chi connectivity index (χ4v) is 1.17. The Kier molecular flexibility index (Phi) is 4.07. The molecule has 0 saturated heterocycles. The molecule has 4 heteroatoms. The van der Waals surface area contributed by atoms with Crippen LogP contribution < -0.4 is 11.1 Å². The zero-order valence-corrected chi connectivity index (χ0v) is 8.23. The summed E-state index contributed by atoms with van der Waals surface area (Å²) < 4.78 is 0. The molecular formula is C10H15N3O. The Hall–Kier alpha value is -1.42. The Morgan fingerprint density at radius 2 is 2.50 bits per heavy atom. The first kappa shape index (κ1) is 10.7. The highest BCUT2D eigenvalue weighted by Crippen LogP contribution is 1.97. The standard InChI is InChI=1S/C10H15N3O/c1-8(5-10(11)14)13-7-9-3-2-4-12-6-9/h2-4,6,8,13H,5,7H2,1H3,(H2,11,14). The van der Waals surface area contributed by atoms with Gasteiger partial charge in [0.15, 0.2) is 0 Å². The predicted octanol–water partition coefficient (Wildman–Crippen LogP) is 0.435. The first-order valence-electron chi connectivity index (χ1n) is 4.59. The molecule has 0 bridgehead atoms. The molecule has 1 atom stereocenters. The van der Waals surface area contributed by atoms with E-state index in [0.717, 1.165) is 5.56 Å². The average Bonchev–Trinajstić information content (AvgIpc) is 2.15. The topological polar surface area (TPSA) is 68.0 Å². The minimum Gasteiger partial charge on any atom is -0.370 e. The van der Waals surface area contributed by atoms with Gasteiger partial charge in [0.1, 0.15) is 0 Å². The van der Waals surface area contributed by atoms with E-state index in [9.17, 15) is 4.79 Å². The van der Waals surface area contributed by atoms with Crippen molar-refractivity contribution in [2.45, 2.75) is 25.9 Å². The van der Waals surface area contributed by atoms with Crippen molar-refractivity contribution in [1.82, 2.24) is 10.3 Å². The van der Waals surface area contributed by atoms with Gasteiger partial charge in [0.05, 0.1) is 0 Å². The molecule has 0 aromatic carbocycles. The Bertz CT molecular complexity index is 287. The molecule has 4 nitrogen and oxygen atoms in total. The number of nitrogens with zero attached hydrogens (tertiary/aromatic N) is 1. The monoisotopic (exact) mass is 193 g/mol. The fraction of sp³-hybridized carbons (Fsp3) is 0.400.